The molecule has 0 radical (unpaired) electrons. The van der Waals surface area contributed by atoms with E-state index in [0.717, 1.165) is 68.8 Å². The van der Waals surface area contributed by atoms with Crippen LogP contribution < -0.4 is 10.6 Å². The number of aromatic amines is 2. The minimum absolute atomic E-state index is 0.0144. The van der Waals surface area contributed by atoms with E-state index in [1.165, 1.54) is 7.11 Å². The van der Waals surface area contributed by atoms with Gasteiger partial charge in [0.1, 0.15) is 17.7 Å². The van der Waals surface area contributed by atoms with Crippen LogP contribution in [0.4, 0.5) is 4.79 Å². The fraction of sp³-hybridized carbons (Fsp3) is 0.425. The number of ether oxygens (including phenoxy) is 1. The summed E-state index contributed by atoms with van der Waals surface area (Å²) in [6.45, 7) is 10.5. The van der Waals surface area contributed by atoms with Crippen LogP contribution in [0, 0.1) is 11.8 Å². The SMILES string of the molecule is COC(=O)N[C@H](C(=O)N1CCC[C@H]1c1nc2ccc(-c3ccc(-c4ccc5nc([C@H](C)NC(=O)[C@H](C(C)C)N(C)C)[nH]c5c4)cc3)cc2[nH]1)C(C)C. The van der Waals surface area contributed by atoms with Crippen molar-refractivity contribution in [2.75, 3.05) is 27.7 Å². The number of rotatable bonds is 11. The van der Waals surface area contributed by atoms with E-state index < -0.39 is 12.1 Å². The summed E-state index contributed by atoms with van der Waals surface area (Å²) in [4.78, 5) is 58.9. The maximum absolute atomic E-state index is 13.6. The van der Waals surface area contributed by atoms with Gasteiger partial charge in [0.05, 0.1) is 47.3 Å². The van der Waals surface area contributed by atoms with Crippen LogP contribution in [0.25, 0.3) is 44.3 Å². The summed E-state index contributed by atoms with van der Waals surface area (Å²) in [6, 6.07) is 19.4. The average molecular weight is 707 g/mol. The zero-order valence-corrected chi connectivity index (χ0v) is 31.3. The number of methoxy groups -OCH3 is 1. The highest BCUT2D eigenvalue weighted by atomic mass is 16.5. The van der Waals surface area contributed by atoms with Crippen molar-refractivity contribution in [2.24, 2.45) is 11.8 Å². The van der Waals surface area contributed by atoms with Gasteiger partial charge < -0.3 is 30.2 Å². The lowest BCUT2D eigenvalue weighted by Gasteiger charge is -2.29. The fourth-order valence-electron chi connectivity index (χ4n) is 7.33. The maximum atomic E-state index is 13.6. The molecule has 4 N–H and O–H groups in total. The Morgan fingerprint density at radius 2 is 1.38 bits per heavy atom. The number of hydrogen-bond acceptors (Lipinski definition) is 7. The van der Waals surface area contributed by atoms with Crippen LogP contribution in [0.3, 0.4) is 0 Å². The van der Waals surface area contributed by atoms with Crippen LogP contribution in [0.15, 0.2) is 60.7 Å². The third-order valence-corrected chi connectivity index (χ3v) is 10.0. The molecule has 0 saturated carbocycles. The molecule has 52 heavy (non-hydrogen) atoms. The van der Waals surface area contributed by atoms with E-state index in [-0.39, 0.29) is 41.8 Å². The van der Waals surface area contributed by atoms with Crippen molar-refractivity contribution in [3.8, 4) is 22.3 Å². The van der Waals surface area contributed by atoms with Crippen molar-refractivity contribution in [1.29, 1.82) is 0 Å². The molecule has 3 amide bonds. The smallest absolute Gasteiger partial charge is 0.407 e. The van der Waals surface area contributed by atoms with E-state index in [1.54, 1.807) is 0 Å². The number of fused-ring (bicyclic) bond motifs is 2. The topological polar surface area (TPSA) is 148 Å². The maximum Gasteiger partial charge on any atom is 0.407 e. The Kier molecular flexibility index (Phi) is 10.7. The van der Waals surface area contributed by atoms with Gasteiger partial charge in [-0.1, -0.05) is 64.1 Å². The van der Waals surface area contributed by atoms with Gasteiger partial charge in [-0.15, -0.1) is 0 Å². The number of likely N-dealkylation sites (tertiary alicyclic amines) is 1. The standard InChI is InChI=1S/C40H50N8O4/c1-22(2)34(46-40(51)52-8)39(50)48-19-9-10-33(48)37-43-30-18-16-28(21-32(30)45-37)26-13-11-25(12-14-26)27-15-17-29-31(20-27)44-36(42-29)24(5)41-38(49)35(23(3)4)47(6)7/h11-18,20-24,33-35H,9-10,19H2,1-8H3,(H,41,49)(H,42,44)(H,43,45)(H,46,51)/t24-,33-,34-,35-/m0/s1. The lowest BCUT2D eigenvalue weighted by molar-refractivity contribution is -0.135. The number of hydrogen-bond donors (Lipinski definition) is 4. The molecule has 1 aliphatic rings. The Balaban J connectivity index is 1.17. The van der Waals surface area contributed by atoms with E-state index >= 15 is 0 Å². The molecule has 12 nitrogen and oxygen atoms in total. The van der Waals surface area contributed by atoms with Gasteiger partial charge in [-0.2, -0.15) is 0 Å². The number of imidazole rings is 2. The minimum Gasteiger partial charge on any atom is -0.453 e. The fourth-order valence-corrected chi connectivity index (χ4v) is 7.33. The predicted molar refractivity (Wildman–Crippen MR) is 203 cm³/mol. The second kappa shape index (κ2) is 15.2. The van der Waals surface area contributed by atoms with Gasteiger partial charge in [0, 0.05) is 6.54 Å². The molecule has 2 aromatic heterocycles. The molecule has 1 fully saturated rings. The lowest BCUT2D eigenvalue weighted by Crippen LogP contribution is -2.51. The molecule has 12 heteroatoms. The van der Waals surface area contributed by atoms with E-state index in [4.69, 9.17) is 14.7 Å². The summed E-state index contributed by atoms with van der Waals surface area (Å²) in [5.41, 5.74) is 7.75. The number of carbonyl (C=O) groups is 3. The molecule has 0 spiro atoms. The Labute approximate surface area is 304 Å². The molecule has 4 atom stereocenters. The van der Waals surface area contributed by atoms with E-state index in [0.29, 0.717) is 6.54 Å². The van der Waals surface area contributed by atoms with Gasteiger partial charge in [-0.3, -0.25) is 14.5 Å². The zero-order chi connectivity index (χ0) is 37.3. The number of nitrogens with zero attached hydrogens (tertiary/aromatic N) is 4. The quantitative estimate of drug-likeness (QED) is 0.121. The summed E-state index contributed by atoms with van der Waals surface area (Å²) in [5, 5.41) is 5.83. The van der Waals surface area contributed by atoms with Crippen LogP contribution in [-0.2, 0) is 14.3 Å². The van der Waals surface area contributed by atoms with E-state index in [9.17, 15) is 14.4 Å². The van der Waals surface area contributed by atoms with Crippen LogP contribution in [0.1, 0.15) is 71.2 Å². The van der Waals surface area contributed by atoms with Gasteiger partial charge in [-0.25, -0.2) is 14.8 Å². The number of carbonyl (C=O) groups excluding carboxylic acids is 3. The summed E-state index contributed by atoms with van der Waals surface area (Å²) in [5.74, 6) is 1.41. The number of benzene rings is 3. The molecule has 3 heterocycles. The molecular weight excluding hydrogens is 656 g/mol. The first-order chi connectivity index (χ1) is 24.8. The lowest BCUT2D eigenvalue weighted by atomic mass is 10.00. The minimum atomic E-state index is -0.681. The first-order valence-corrected chi connectivity index (χ1v) is 18.1. The number of amides is 3. The Morgan fingerprint density at radius 3 is 1.94 bits per heavy atom. The van der Waals surface area contributed by atoms with Gasteiger partial charge in [-0.05, 0) is 92.2 Å². The van der Waals surface area contributed by atoms with E-state index in [1.807, 2.05) is 70.6 Å². The Hall–Kier alpha value is -5.23. The molecule has 0 unspecified atom stereocenters. The van der Waals surface area contributed by atoms with Crippen molar-refractivity contribution >= 4 is 40.0 Å². The predicted octanol–water partition coefficient (Wildman–Crippen LogP) is 6.58. The molecular formula is C40H50N8O4. The zero-order valence-electron chi connectivity index (χ0n) is 31.3. The summed E-state index contributed by atoms with van der Waals surface area (Å²) in [6.07, 6.45) is 1.03. The van der Waals surface area contributed by atoms with Crippen molar-refractivity contribution in [2.45, 2.75) is 71.6 Å². The number of likely N-dealkylation sites (N-methyl/N-ethyl adjacent to an activating group) is 1. The van der Waals surface area contributed by atoms with Crippen LogP contribution >= 0.6 is 0 Å². The van der Waals surface area contributed by atoms with Gasteiger partial charge in [0.2, 0.25) is 11.8 Å². The van der Waals surface area contributed by atoms with Crippen LogP contribution in [0.2, 0.25) is 0 Å². The van der Waals surface area contributed by atoms with Crippen LogP contribution in [0.5, 0.6) is 0 Å². The second-order valence-electron chi connectivity index (χ2n) is 14.7. The highest BCUT2D eigenvalue weighted by Crippen LogP contribution is 2.34. The van der Waals surface area contributed by atoms with Crippen molar-refractivity contribution in [3.05, 3.63) is 72.3 Å². The molecule has 1 aliphatic heterocycles. The summed E-state index contributed by atoms with van der Waals surface area (Å²) < 4.78 is 4.77. The van der Waals surface area contributed by atoms with Gasteiger partial charge in [0.15, 0.2) is 0 Å². The molecule has 1 saturated heterocycles. The van der Waals surface area contributed by atoms with Crippen molar-refractivity contribution in [3.63, 3.8) is 0 Å². The highest BCUT2D eigenvalue weighted by Gasteiger charge is 2.37. The third kappa shape index (κ3) is 7.52. The van der Waals surface area contributed by atoms with Crippen molar-refractivity contribution in [1.82, 2.24) is 40.4 Å². The molecule has 3 aromatic carbocycles. The number of alkyl carbamates (subject to hydrolysis) is 1. The van der Waals surface area contributed by atoms with Gasteiger partial charge in [0.25, 0.3) is 0 Å². The summed E-state index contributed by atoms with van der Waals surface area (Å²) in [7, 11) is 5.14. The largest absolute Gasteiger partial charge is 0.453 e. The Bertz CT molecular complexity index is 2060. The first kappa shape index (κ1) is 36.6. The second-order valence-corrected chi connectivity index (χ2v) is 14.7. The Morgan fingerprint density at radius 1 is 0.808 bits per heavy atom. The molecule has 0 bridgehead atoms. The molecule has 274 valence electrons. The number of H-pyrrole nitrogens is 2. The number of nitrogens with one attached hydrogen (secondary N) is 4. The molecule has 0 aliphatic carbocycles. The summed E-state index contributed by atoms with van der Waals surface area (Å²) >= 11 is 0. The number of aromatic nitrogens is 4. The third-order valence-electron chi connectivity index (χ3n) is 10.0. The van der Waals surface area contributed by atoms with Crippen LogP contribution in [-0.4, -0.2) is 87.5 Å². The van der Waals surface area contributed by atoms with Gasteiger partial charge >= 0.3 is 6.09 Å². The normalized spacial score (nSPS) is 16.5. The molecule has 5 aromatic rings. The van der Waals surface area contributed by atoms with E-state index in [2.05, 4.69) is 69.1 Å². The van der Waals surface area contributed by atoms with Crippen molar-refractivity contribution < 1.29 is 19.1 Å². The average Bonchev–Trinajstić information content (AvgIpc) is 3.87. The monoisotopic (exact) mass is 706 g/mol. The first-order valence-electron chi connectivity index (χ1n) is 18.1. The highest BCUT2D eigenvalue weighted by molar-refractivity contribution is 5.88. The molecule has 6 rings (SSSR count).